The number of hydrogen-bond donors (Lipinski definition) is 2. The Morgan fingerprint density at radius 3 is 2.90 bits per heavy atom. The Morgan fingerprint density at radius 1 is 1.60 bits per heavy atom. The molecule has 0 radical (unpaired) electrons. The molecule has 20 heavy (non-hydrogen) atoms. The van der Waals surface area contributed by atoms with E-state index in [1.807, 2.05) is 0 Å². The van der Waals surface area contributed by atoms with Crippen LogP contribution < -0.4 is 16.0 Å². The van der Waals surface area contributed by atoms with Crippen molar-refractivity contribution in [2.24, 2.45) is 5.73 Å². The maximum atomic E-state index is 13.5. The largest absolute Gasteiger partial charge is 0.368 e. The lowest BCUT2D eigenvalue weighted by Crippen LogP contribution is -2.57. The number of primary amides is 1. The van der Waals surface area contributed by atoms with E-state index in [9.17, 15) is 19.3 Å². The molecular weight excluding hydrogens is 335 g/mol. The van der Waals surface area contributed by atoms with E-state index in [1.165, 1.54) is 11.0 Å². The van der Waals surface area contributed by atoms with Gasteiger partial charge in [0.05, 0.1) is 15.5 Å². The van der Waals surface area contributed by atoms with E-state index in [0.717, 1.165) is 6.07 Å². The van der Waals surface area contributed by atoms with Gasteiger partial charge in [-0.15, -0.1) is 0 Å². The summed E-state index contributed by atoms with van der Waals surface area (Å²) in [5, 5.41) is 14.1. The first-order valence-corrected chi connectivity index (χ1v) is 6.61. The molecule has 1 atom stereocenters. The summed E-state index contributed by atoms with van der Waals surface area (Å²) < 4.78 is 13.6. The molecule has 3 N–H and O–H groups in total. The molecule has 9 heteroatoms. The topological polar surface area (TPSA) is 102 Å². The predicted molar refractivity (Wildman–Crippen MR) is 74.0 cm³/mol. The number of halogens is 2. The molecule has 1 aliphatic heterocycles. The van der Waals surface area contributed by atoms with E-state index in [-0.39, 0.29) is 15.8 Å². The van der Waals surface area contributed by atoms with Gasteiger partial charge in [-0.25, -0.2) is 4.39 Å². The number of nitro groups is 1. The first kappa shape index (κ1) is 14.7. The second-order valence-corrected chi connectivity index (χ2v) is 5.18. The standard InChI is InChI=1S/C11H12BrFN4O3/c12-6-3-8(9(17(19)20)4-7(6)13)16-2-1-15-5-10(16)11(14)18/h3-4,10,15H,1-2,5H2,(H2,14,18). The molecule has 7 nitrogen and oxygen atoms in total. The highest BCUT2D eigenvalue weighted by Crippen LogP contribution is 2.34. The number of rotatable bonds is 3. The zero-order valence-corrected chi connectivity index (χ0v) is 11.9. The molecular formula is C11H12BrFN4O3. The third kappa shape index (κ3) is 2.73. The van der Waals surface area contributed by atoms with Crippen molar-refractivity contribution >= 4 is 33.2 Å². The quantitative estimate of drug-likeness (QED) is 0.621. The lowest BCUT2D eigenvalue weighted by Gasteiger charge is -2.35. The molecule has 108 valence electrons. The van der Waals surface area contributed by atoms with Crippen molar-refractivity contribution in [3.05, 3.63) is 32.5 Å². The van der Waals surface area contributed by atoms with E-state index < -0.39 is 22.7 Å². The molecule has 1 heterocycles. The summed E-state index contributed by atoms with van der Waals surface area (Å²) in [6.07, 6.45) is 0. The average molecular weight is 347 g/mol. The number of nitrogens with two attached hydrogens (primary N) is 1. The van der Waals surface area contributed by atoms with Crippen molar-refractivity contribution in [1.82, 2.24) is 5.32 Å². The van der Waals surface area contributed by atoms with E-state index in [4.69, 9.17) is 5.73 Å². The average Bonchev–Trinajstić information content (AvgIpc) is 2.41. The van der Waals surface area contributed by atoms with Gasteiger partial charge < -0.3 is 16.0 Å². The summed E-state index contributed by atoms with van der Waals surface area (Å²) >= 11 is 3.00. The van der Waals surface area contributed by atoms with Crippen LogP contribution in [0.3, 0.4) is 0 Å². The van der Waals surface area contributed by atoms with Crippen molar-refractivity contribution in [1.29, 1.82) is 0 Å². The van der Waals surface area contributed by atoms with Crippen LogP contribution in [-0.4, -0.2) is 36.5 Å². The van der Waals surface area contributed by atoms with Crippen LogP contribution in [0.25, 0.3) is 0 Å². The summed E-state index contributed by atoms with van der Waals surface area (Å²) in [5.41, 5.74) is 5.10. The zero-order chi connectivity index (χ0) is 14.9. The van der Waals surface area contributed by atoms with Gasteiger partial charge in [-0.05, 0) is 22.0 Å². The highest BCUT2D eigenvalue weighted by molar-refractivity contribution is 9.10. The second kappa shape index (κ2) is 5.71. The fourth-order valence-electron chi connectivity index (χ4n) is 2.15. The van der Waals surface area contributed by atoms with Gasteiger partial charge >= 0.3 is 0 Å². The number of anilines is 1. The normalized spacial score (nSPS) is 18.9. The van der Waals surface area contributed by atoms with Gasteiger partial charge in [0.15, 0.2) is 0 Å². The number of nitrogens with zero attached hydrogens (tertiary/aromatic N) is 2. The molecule has 1 aromatic rings. The monoisotopic (exact) mass is 346 g/mol. The summed E-state index contributed by atoms with van der Waals surface area (Å²) in [6, 6.07) is 1.42. The van der Waals surface area contributed by atoms with Gasteiger partial charge in [0.1, 0.15) is 17.5 Å². The Balaban J connectivity index is 2.51. The van der Waals surface area contributed by atoms with Gasteiger partial charge in [0.2, 0.25) is 5.91 Å². The van der Waals surface area contributed by atoms with Crippen LogP contribution in [0.4, 0.5) is 15.8 Å². The highest BCUT2D eigenvalue weighted by Gasteiger charge is 2.32. The van der Waals surface area contributed by atoms with Crippen LogP contribution in [-0.2, 0) is 4.79 Å². The third-order valence-corrected chi connectivity index (χ3v) is 3.70. The number of nitro benzene ring substituents is 1. The molecule has 1 saturated heterocycles. The minimum Gasteiger partial charge on any atom is -0.368 e. The van der Waals surface area contributed by atoms with Gasteiger partial charge in [0.25, 0.3) is 5.69 Å². The van der Waals surface area contributed by atoms with Crippen LogP contribution in [0.15, 0.2) is 16.6 Å². The van der Waals surface area contributed by atoms with Gasteiger partial charge in [-0.3, -0.25) is 14.9 Å². The van der Waals surface area contributed by atoms with Crippen LogP contribution in [0.2, 0.25) is 0 Å². The minimum absolute atomic E-state index is 0.0971. The van der Waals surface area contributed by atoms with Crippen molar-refractivity contribution in [2.45, 2.75) is 6.04 Å². The van der Waals surface area contributed by atoms with Crippen molar-refractivity contribution in [2.75, 3.05) is 24.5 Å². The molecule has 0 bridgehead atoms. The number of piperazine rings is 1. The molecule has 1 amide bonds. The number of carbonyl (C=O) groups excluding carboxylic acids is 1. The van der Waals surface area contributed by atoms with E-state index >= 15 is 0 Å². The molecule has 1 aromatic carbocycles. The Bertz CT molecular complexity index is 569. The Morgan fingerprint density at radius 2 is 2.30 bits per heavy atom. The minimum atomic E-state index is -0.730. The number of benzene rings is 1. The SMILES string of the molecule is NC(=O)C1CNCCN1c1cc(Br)c(F)cc1[N+](=O)[O-]. The summed E-state index contributed by atoms with van der Waals surface area (Å²) in [5.74, 6) is -1.32. The van der Waals surface area contributed by atoms with E-state index in [2.05, 4.69) is 21.2 Å². The molecule has 2 rings (SSSR count). The van der Waals surface area contributed by atoms with Crippen LogP contribution in [0, 0.1) is 15.9 Å². The number of hydrogen-bond acceptors (Lipinski definition) is 5. The fraction of sp³-hybridized carbons (Fsp3) is 0.364. The van der Waals surface area contributed by atoms with E-state index in [0.29, 0.717) is 19.6 Å². The lowest BCUT2D eigenvalue weighted by molar-refractivity contribution is -0.384. The van der Waals surface area contributed by atoms with Crippen LogP contribution >= 0.6 is 15.9 Å². The molecule has 0 aromatic heterocycles. The smallest absolute Gasteiger partial charge is 0.295 e. The molecule has 1 aliphatic rings. The first-order valence-electron chi connectivity index (χ1n) is 5.82. The Kier molecular flexibility index (Phi) is 4.19. The predicted octanol–water partition coefficient (Wildman–Crippen LogP) is 0.760. The Hall–Kier alpha value is -1.74. The maximum Gasteiger partial charge on any atom is 0.295 e. The fourth-order valence-corrected chi connectivity index (χ4v) is 2.48. The molecule has 1 fully saturated rings. The van der Waals surface area contributed by atoms with Crippen molar-refractivity contribution in [3.8, 4) is 0 Å². The van der Waals surface area contributed by atoms with Crippen molar-refractivity contribution < 1.29 is 14.1 Å². The molecule has 1 unspecified atom stereocenters. The lowest BCUT2D eigenvalue weighted by atomic mass is 10.1. The summed E-state index contributed by atoms with van der Waals surface area (Å²) in [6.45, 7) is 1.21. The van der Waals surface area contributed by atoms with Gasteiger partial charge in [-0.1, -0.05) is 0 Å². The molecule has 0 spiro atoms. The molecule has 0 aliphatic carbocycles. The van der Waals surface area contributed by atoms with Crippen LogP contribution in [0.5, 0.6) is 0 Å². The number of amides is 1. The molecule has 0 saturated carbocycles. The highest BCUT2D eigenvalue weighted by atomic mass is 79.9. The van der Waals surface area contributed by atoms with Gasteiger partial charge in [-0.2, -0.15) is 0 Å². The first-order chi connectivity index (χ1) is 9.41. The third-order valence-electron chi connectivity index (χ3n) is 3.10. The number of carbonyl (C=O) groups is 1. The summed E-state index contributed by atoms with van der Waals surface area (Å²) in [7, 11) is 0. The van der Waals surface area contributed by atoms with Gasteiger partial charge in [0, 0.05) is 19.6 Å². The summed E-state index contributed by atoms with van der Waals surface area (Å²) in [4.78, 5) is 23.4. The Labute approximate surface area is 122 Å². The second-order valence-electron chi connectivity index (χ2n) is 4.33. The number of nitrogens with one attached hydrogen (secondary N) is 1. The maximum absolute atomic E-state index is 13.5. The van der Waals surface area contributed by atoms with E-state index in [1.54, 1.807) is 0 Å². The zero-order valence-electron chi connectivity index (χ0n) is 10.3. The van der Waals surface area contributed by atoms with Crippen molar-refractivity contribution in [3.63, 3.8) is 0 Å². The van der Waals surface area contributed by atoms with Crippen LogP contribution in [0.1, 0.15) is 0 Å².